The molecule has 15 heavy (non-hydrogen) atoms. The van der Waals surface area contributed by atoms with Gasteiger partial charge in [-0.2, -0.15) is 0 Å². The smallest absolute Gasteiger partial charge is 0.450 e. The van der Waals surface area contributed by atoms with Gasteiger partial charge in [0.15, 0.2) is 0 Å². The van der Waals surface area contributed by atoms with Crippen LogP contribution in [0.5, 0.6) is 0 Å². The Labute approximate surface area is 86.1 Å². The molecule has 0 aromatic carbocycles. The second-order valence-corrected chi connectivity index (χ2v) is 1.64. The number of hydrogen-bond donors (Lipinski definition) is 4. The predicted octanol–water partition coefficient (Wildman–Crippen LogP) is -0.0183. The van der Waals surface area contributed by atoms with E-state index >= 15 is 0 Å². The van der Waals surface area contributed by atoms with Gasteiger partial charge in [-0.05, 0) is 13.0 Å². The van der Waals surface area contributed by atoms with Gasteiger partial charge in [-0.25, -0.2) is 9.59 Å². The van der Waals surface area contributed by atoms with Crippen molar-refractivity contribution < 1.29 is 29.3 Å². The zero-order chi connectivity index (χ0) is 12.9. The predicted molar refractivity (Wildman–Crippen MR) is 51.3 cm³/mol. The van der Waals surface area contributed by atoms with Crippen molar-refractivity contribution in [2.75, 3.05) is 6.61 Å². The second-order valence-electron chi connectivity index (χ2n) is 1.64. The second kappa shape index (κ2) is 14.3. The molecule has 0 aliphatic carbocycles. The van der Waals surface area contributed by atoms with Crippen LogP contribution in [0.1, 0.15) is 6.92 Å². The molecule has 0 bridgehead atoms. The Morgan fingerprint density at radius 2 is 1.60 bits per heavy atom. The Morgan fingerprint density at radius 1 is 1.33 bits per heavy atom. The molecule has 2 amide bonds. The number of carbonyl (C=O) groups excluding carboxylic acids is 2. The fraction of sp³-hybridized carbons (Fsp3) is 0.286. The summed E-state index contributed by atoms with van der Waals surface area (Å²) in [5.41, 5.74) is 9.08. The fourth-order valence-corrected chi connectivity index (χ4v) is 0.142. The van der Waals surface area contributed by atoms with Crippen molar-refractivity contribution in [1.82, 2.24) is 0 Å². The third-order valence-corrected chi connectivity index (χ3v) is 0.488. The van der Waals surface area contributed by atoms with Crippen LogP contribution in [-0.4, -0.2) is 35.0 Å². The lowest BCUT2D eigenvalue weighted by atomic mass is 10.6. The number of primary amides is 2. The van der Waals surface area contributed by atoms with E-state index in [9.17, 15) is 9.59 Å². The minimum atomic E-state index is -1.83. The topological polar surface area (TPSA) is 153 Å². The van der Waals surface area contributed by atoms with E-state index in [1.165, 1.54) is 0 Å². The standard InChI is InChI=1S/C3H7NO2.C3H5NO.CH2O3/c1-2-6-3(4)5;1-2-3(4)5;2-1(3)4/h2H2,1H3,(H2,4,5);2H,1H2,(H2,4,5);(H2,2,3,4). The van der Waals surface area contributed by atoms with Gasteiger partial charge in [0, 0.05) is 0 Å². The van der Waals surface area contributed by atoms with Gasteiger partial charge in [0.05, 0.1) is 6.61 Å². The highest BCUT2D eigenvalue weighted by atomic mass is 16.6. The summed E-state index contributed by atoms with van der Waals surface area (Å²) in [5.74, 6) is -0.481. The number of nitrogens with two attached hydrogens (primary N) is 2. The van der Waals surface area contributed by atoms with Gasteiger partial charge < -0.3 is 26.4 Å². The van der Waals surface area contributed by atoms with E-state index in [0.29, 0.717) is 6.61 Å². The van der Waals surface area contributed by atoms with Crippen molar-refractivity contribution >= 4 is 18.2 Å². The highest BCUT2D eigenvalue weighted by Crippen LogP contribution is 1.66. The summed E-state index contributed by atoms with van der Waals surface area (Å²) in [7, 11) is 0. The van der Waals surface area contributed by atoms with Crippen molar-refractivity contribution in [3.05, 3.63) is 12.7 Å². The highest BCUT2D eigenvalue weighted by Gasteiger charge is 1.82. The van der Waals surface area contributed by atoms with Crippen LogP contribution in [-0.2, 0) is 9.53 Å². The molecule has 0 spiro atoms. The average molecular weight is 222 g/mol. The lowest BCUT2D eigenvalue weighted by Gasteiger charge is -1.89. The Morgan fingerprint density at radius 3 is 1.60 bits per heavy atom. The van der Waals surface area contributed by atoms with Crippen molar-refractivity contribution in [1.29, 1.82) is 0 Å². The van der Waals surface area contributed by atoms with Crippen molar-refractivity contribution in [3.63, 3.8) is 0 Å². The average Bonchev–Trinajstić information content (AvgIpc) is 2.03. The summed E-state index contributed by atoms with van der Waals surface area (Å²) < 4.78 is 4.18. The van der Waals surface area contributed by atoms with Crippen LogP contribution in [0.15, 0.2) is 12.7 Å². The van der Waals surface area contributed by atoms with E-state index in [0.717, 1.165) is 6.08 Å². The minimum absolute atomic E-state index is 0.356. The molecule has 0 radical (unpaired) electrons. The molecule has 0 aromatic heterocycles. The van der Waals surface area contributed by atoms with Crippen molar-refractivity contribution in [3.8, 4) is 0 Å². The minimum Gasteiger partial charge on any atom is -0.450 e. The zero-order valence-corrected chi connectivity index (χ0v) is 8.17. The lowest BCUT2D eigenvalue weighted by Crippen LogP contribution is -2.11. The Kier molecular flexibility index (Phi) is 17.6. The van der Waals surface area contributed by atoms with Gasteiger partial charge in [0.1, 0.15) is 0 Å². The number of ether oxygens (including phenoxy) is 1. The first kappa shape index (κ1) is 18.5. The summed E-state index contributed by atoms with van der Waals surface area (Å²) >= 11 is 0. The molecule has 8 nitrogen and oxygen atoms in total. The molecule has 0 rings (SSSR count). The maximum Gasteiger partial charge on any atom is 0.503 e. The normalized spacial score (nSPS) is 6.73. The highest BCUT2D eigenvalue weighted by molar-refractivity contribution is 5.84. The molecule has 0 atom stereocenters. The van der Waals surface area contributed by atoms with Crippen LogP contribution in [0, 0.1) is 0 Å². The van der Waals surface area contributed by atoms with Gasteiger partial charge in [-0.15, -0.1) is 0 Å². The Balaban J connectivity index is -0.000000147. The monoisotopic (exact) mass is 222 g/mol. The molecule has 0 fully saturated rings. The van der Waals surface area contributed by atoms with E-state index in [4.69, 9.17) is 15.0 Å². The molecule has 0 saturated heterocycles. The van der Waals surface area contributed by atoms with E-state index in [1.54, 1.807) is 6.92 Å². The third-order valence-electron chi connectivity index (χ3n) is 0.488. The molecule has 88 valence electrons. The van der Waals surface area contributed by atoms with Gasteiger partial charge in [0.2, 0.25) is 5.91 Å². The summed E-state index contributed by atoms with van der Waals surface area (Å²) in [6.45, 7) is 5.14. The summed E-state index contributed by atoms with van der Waals surface area (Å²) in [6.07, 6.45) is -1.49. The van der Waals surface area contributed by atoms with E-state index in [-0.39, 0.29) is 0 Å². The number of rotatable bonds is 2. The van der Waals surface area contributed by atoms with Crippen LogP contribution in [0.3, 0.4) is 0 Å². The number of hydrogen-bond acceptors (Lipinski definition) is 4. The first-order valence-electron chi connectivity index (χ1n) is 3.53. The molecule has 0 aromatic rings. The third kappa shape index (κ3) is 148. The summed E-state index contributed by atoms with van der Waals surface area (Å²) in [5, 5.41) is 13.9. The molecule has 0 heterocycles. The Hall–Kier alpha value is -2.25. The molecule has 0 unspecified atom stereocenters. The molecule has 8 heteroatoms. The molecule has 0 saturated carbocycles. The van der Waals surface area contributed by atoms with Gasteiger partial charge in [0.25, 0.3) is 0 Å². The number of carboxylic acid groups (broad SMARTS) is 2. The van der Waals surface area contributed by atoms with Crippen LogP contribution in [0.25, 0.3) is 0 Å². The van der Waals surface area contributed by atoms with Crippen LogP contribution >= 0.6 is 0 Å². The molecular formula is C7H14N2O6. The first-order chi connectivity index (χ1) is 6.77. The molecule has 0 aliphatic heterocycles. The largest absolute Gasteiger partial charge is 0.503 e. The first-order valence-corrected chi connectivity index (χ1v) is 3.53. The summed E-state index contributed by atoms with van der Waals surface area (Å²) in [4.78, 5) is 27.6. The molecular weight excluding hydrogens is 208 g/mol. The van der Waals surface area contributed by atoms with E-state index in [2.05, 4.69) is 22.8 Å². The lowest BCUT2D eigenvalue weighted by molar-refractivity contribution is -0.113. The van der Waals surface area contributed by atoms with Crippen LogP contribution in [0.2, 0.25) is 0 Å². The molecule has 6 N–H and O–H groups in total. The zero-order valence-electron chi connectivity index (χ0n) is 8.17. The van der Waals surface area contributed by atoms with Gasteiger partial charge in [-0.3, -0.25) is 4.79 Å². The SMILES string of the molecule is C=CC(N)=O.CCOC(N)=O.O=C(O)O. The van der Waals surface area contributed by atoms with Crippen molar-refractivity contribution in [2.45, 2.75) is 6.92 Å². The molecule has 0 aliphatic rings. The maximum absolute atomic E-state index is 9.60. The number of amides is 2. The maximum atomic E-state index is 9.60. The number of carbonyl (C=O) groups is 3. The van der Waals surface area contributed by atoms with Gasteiger partial charge >= 0.3 is 12.2 Å². The van der Waals surface area contributed by atoms with E-state index in [1.807, 2.05) is 0 Å². The van der Waals surface area contributed by atoms with Crippen LogP contribution in [0.4, 0.5) is 9.59 Å². The Bertz CT molecular complexity index is 212. The van der Waals surface area contributed by atoms with E-state index < -0.39 is 18.2 Å². The fourth-order valence-electron chi connectivity index (χ4n) is 0.142. The van der Waals surface area contributed by atoms with Crippen LogP contribution < -0.4 is 11.5 Å². The summed E-state index contributed by atoms with van der Waals surface area (Å²) in [6, 6.07) is 0. The quantitative estimate of drug-likeness (QED) is 0.481. The van der Waals surface area contributed by atoms with Gasteiger partial charge in [-0.1, -0.05) is 6.58 Å². The van der Waals surface area contributed by atoms with Crippen molar-refractivity contribution in [2.24, 2.45) is 11.5 Å².